The van der Waals surface area contributed by atoms with Crippen molar-refractivity contribution in [3.8, 4) is 0 Å². The second-order valence-electron chi connectivity index (χ2n) is 4.13. The molecular formula is C8H16N2. The van der Waals surface area contributed by atoms with Crippen molar-refractivity contribution in [2.45, 2.75) is 19.4 Å². The second-order valence-corrected chi connectivity index (χ2v) is 4.13. The molecule has 0 radical (unpaired) electrons. The molecule has 0 aromatic rings. The minimum atomic E-state index is 0.383. The zero-order chi connectivity index (χ0) is 7.19. The lowest BCUT2D eigenvalue weighted by molar-refractivity contribution is 0.332. The number of hydrogen-bond acceptors (Lipinski definition) is 2. The molecule has 10 heavy (non-hydrogen) atoms. The van der Waals surface area contributed by atoms with Gasteiger partial charge in [-0.05, 0) is 32.2 Å². The molecule has 2 aliphatic rings. The van der Waals surface area contributed by atoms with Gasteiger partial charge in [0.2, 0.25) is 0 Å². The van der Waals surface area contributed by atoms with Gasteiger partial charge in [0.1, 0.15) is 0 Å². The van der Waals surface area contributed by atoms with Crippen LogP contribution in [0.15, 0.2) is 0 Å². The highest BCUT2D eigenvalue weighted by Gasteiger charge is 2.43. The van der Waals surface area contributed by atoms with E-state index in [1.807, 2.05) is 0 Å². The van der Waals surface area contributed by atoms with Crippen molar-refractivity contribution in [3.05, 3.63) is 0 Å². The van der Waals surface area contributed by atoms with Gasteiger partial charge in [0, 0.05) is 18.6 Å². The highest BCUT2D eigenvalue weighted by atomic mass is 15.1. The quantitative estimate of drug-likeness (QED) is 0.502. The van der Waals surface area contributed by atoms with E-state index in [0.29, 0.717) is 5.54 Å². The van der Waals surface area contributed by atoms with E-state index in [-0.39, 0.29) is 0 Å². The summed E-state index contributed by atoms with van der Waals surface area (Å²) < 4.78 is 0. The maximum atomic E-state index is 3.56. The molecule has 0 aromatic carbocycles. The molecule has 0 saturated carbocycles. The molecule has 2 nitrogen and oxygen atoms in total. The maximum Gasteiger partial charge on any atom is 0.0169 e. The van der Waals surface area contributed by atoms with E-state index in [9.17, 15) is 0 Å². The fourth-order valence-electron chi connectivity index (χ4n) is 2.32. The third-order valence-corrected chi connectivity index (χ3v) is 3.09. The molecule has 0 aromatic heterocycles. The first-order chi connectivity index (χ1) is 4.70. The molecule has 0 amide bonds. The Balaban J connectivity index is 2.16. The minimum absolute atomic E-state index is 0.383. The van der Waals surface area contributed by atoms with Gasteiger partial charge in [-0.2, -0.15) is 0 Å². The lowest BCUT2D eigenvalue weighted by atomic mass is 9.85. The SMILES string of the molecule is CC1(C)NCC2CNCC21. The van der Waals surface area contributed by atoms with Crippen LogP contribution in [-0.4, -0.2) is 25.2 Å². The van der Waals surface area contributed by atoms with Crippen LogP contribution in [0.1, 0.15) is 13.8 Å². The van der Waals surface area contributed by atoms with Gasteiger partial charge in [-0.25, -0.2) is 0 Å². The zero-order valence-electron chi connectivity index (χ0n) is 6.78. The first kappa shape index (κ1) is 6.62. The Bertz CT molecular complexity index is 142. The van der Waals surface area contributed by atoms with Gasteiger partial charge in [0.15, 0.2) is 0 Å². The van der Waals surface area contributed by atoms with Gasteiger partial charge in [-0.15, -0.1) is 0 Å². The predicted octanol–water partition coefficient (Wildman–Crippen LogP) is 0.204. The van der Waals surface area contributed by atoms with E-state index in [4.69, 9.17) is 0 Å². The molecule has 2 aliphatic heterocycles. The maximum absolute atomic E-state index is 3.56. The molecule has 58 valence electrons. The Morgan fingerprint density at radius 3 is 2.70 bits per heavy atom. The summed E-state index contributed by atoms with van der Waals surface area (Å²) in [5, 5.41) is 7.00. The summed E-state index contributed by atoms with van der Waals surface area (Å²) in [6, 6.07) is 0. The van der Waals surface area contributed by atoms with Crippen molar-refractivity contribution >= 4 is 0 Å². The average Bonchev–Trinajstić information content (AvgIpc) is 2.36. The lowest BCUT2D eigenvalue weighted by Crippen LogP contribution is -2.40. The summed E-state index contributed by atoms with van der Waals surface area (Å²) >= 11 is 0. The fraction of sp³-hybridized carbons (Fsp3) is 1.00. The molecule has 0 aliphatic carbocycles. The number of nitrogens with one attached hydrogen (secondary N) is 2. The monoisotopic (exact) mass is 140 g/mol. The number of fused-ring (bicyclic) bond motifs is 1. The molecule has 2 rings (SSSR count). The summed E-state index contributed by atoms with van der Waals surface area (Å²) in [5.74, 6) is 1.77. The summed E-state index contributed by atoms with van der Waals surface area (Å²) in [6.45, 7) is 8.27. The van der Waals surface area contributed by atoms with Crippen molar-refractivity contribution in [1.29, 1.82) is 0 Å². The summed E-state index contributed by atoms with van der Waals surface area (Å²) in [5.41, 5.74) is 0.383. The normalized spacial score (nSPS) is 43.8. The molecule has 0 spiro atoms. The third-order valence-electron chi connectivity index (χ3n) is 3.09. The Morgan fingerprint density at radius 1 is 1.20 bits per heavy atom. The Hall–Kier alpha value is -0.0800. The molecule has 2 heteroatoms. The van der Waals surface area contributed by atoms with Crippen LogP contribution in [0.3, 0.4) is 0 Å². The van der Waals surface area contributed by atoms with Crippen LogP contribution in [0.5, 0.6) is 0 Å². The summed E-state index contributed by atoms with van der Waals surface area (Å²) in [6.07, 6.45) is 0. The Morgan fingerprint density at radius 2 is 2.00 bits per heavy atom. The summed E-state index contributed by atoms with van der Waals surface area (Å²) in [4.78, 5) is 0. The average molecular weight is 140 g/mol. The fourth-order valence-corrected chi connectivity index (χ4v) is 2.32. The highest BCUT2D eigenvalue weighted by molar-refractivity contribution is 5.02. The van der Waals surface area contributed by atoms with Crippen molar-refractivity contribution in [1.82, 2.24) is 10.6 Å². The first-order valence-corrected chi connectivity index (χ1v) is 4.16. The van der Waals surface area contributed by atoms with Crippen LogP contribution in [0, 0.1) is 11.8 Å². The molecule has 2 N–H and O–H groups in total. The van der Waals surface area contributed by atoms with E-state index < -0.39 is 0 Å². The van der Waals surface area contributed by atoms with Gasteiger partial charge >= 0.3 is 0 Å². The van der Waals surface area contributed by atoms with Crippen LogP contribution in [-0.2, 0) is 0 Å². The molecule has 2 atom stereocenters. The summed E-state index contributed by atoms with van der Waals surface area (Å²) in [7, 11) is 0. The highest BCUT2D eigenvalue weighted by Crippen LogP contribution is 2.32. The van der Waals surface area contributed by atoms with Gasteiger partial charge in [-0.1, -0.05) is 0 Å². The van der Waals surface area contributed by atoms with E-state index in [1.54, 1.807) is 0 Å². The van der Waals surface area contributed by atoms with E-state index in [1.165, 1.54) is 19.6 Å². The molecule has 2 unspecified atom stereocenters. The van der Waals surface area contributed by atoms with Crippen molar-refractivity contribution in [2.75, 3.05) is 19.6 Å². The van der Waals surface area contributed by atoms with Crippen LogP contribution in [0.4, 0.5) is 0 Å². The lowest BCUT2D eigenvalue weighted by Gasteiger charge is -2.25. The molecule has 2 heterocycles. The van der Waals surface area contributed by atoms with E-state index >= 15 is 0 Å². The molecular weight excluding hydrogens is 124 g/mol. The van der Waals surface area contributed by atoms with Gasteiger partial charge in [0.05, 0.1) is 0 Å². The minimum Gasteiger partial charge on any atom is -0.316 e. The van der Waals surface area contributed by atoms with Crippen molar-refractivity contribution < 1.29 is 0 Å². The third kappa shape index (κ3) is 0.789. The topological polar surface area (TPSA) is 24.1 Å². The van der Waals surface area contributed by atoms with Crippen LogP contribution >= 0.6 is 0 Å². The smallest absolute Gasteiger partial charge is 0.0169 e. The predicted molar refractivity (Wildman–Crippen MR) is 41.9 cm³/mol. The Labute approximate surface area is 62.4 Å². The Kier molecular flexibility index (Phi) is 1.29. The largest absolute Gasteiger partial charge is 0.316 e. The van der Waals surface area contributed by atoms with Crippen molar-refractivity contribution in [3.63, 3.8) is 0 Å². The molecule has 0 bridgehead atoms. The van der Waals surface area contributed by atoms with E-state index in [2.05, 4.69) is 24.5 Å². The van der Waals surface area contributed by atoms with E-state index in [0.717, 1.165) is 11.8 Å². The van der Waals surface area contributed by atoms with Crippen LogP contribution in [0.25, 0.3) is 0 Å². The van der Waals surface area contributed by atoms with Crippen LogP contribution < -0.4 is 10.6 Å². The standard InChI is InChI=1S/C8H16N2/c1-8(2)7-5-9-3-6(7)4-10-8/h6-7,9-10H,3-5H2,1-2H3. The first-order valence-electron chi connectivity index (χ1n) is 4.16. The van der Waals surface area contributed by atoms with Gasteiger partial charge in [0.25, 0.3) is 0 Å². The van der Waals surface area contributed by atoms with Crippen molar-refractivity contribution in [2.24, 2.45) is 11.8 Å². The second kappa shape index (κ2) is 1.95. The number of hydrogen-bond donors (Lipinski definition) is 2. The molecule has 2 fully saturated rings. The number of rotatable bonds is 0. The van der Waals surface area contributed by atoms with Gasteiger partial charge in [-0.3, -0.25) is 0 Å². The van der Waals surface area contributed by atoms with Crippen LogP contribution in [0.2, 0.25) is 0 Å². The van der Waals surface area contributed by atoms with Gasteiger partial charge < -0.3 is 10.6 Å². The zero-order valence-corrected chi connectivity index (χ0v) is 6.78. The molecule has 2 saturated heterocycles.